The van der Waals surface area contributed by atoms with Crippen LogP contribution in [0.15, 0.2) is 18.2 Å². The topological polar surface area (TPSA) is 38.3 Å². The predicted octanol–water partition coefficient (Wildman–Crippen LogP) is 3.00. The van der Waals surface area contributed by atoms with E-state index in [2.05, 4.69) is 53.0 Å². The summed E-state index contributed by atoms with van der Waals surface area (Å²) in [5.41, 5.74) is 2.58. The fourth-order valence-electron chi connectivity index (χ4n) is 3.70. The Morgan fingerprint density at radius 3 is 2.90 bits per heavy atom. The highest BCUT2D eigenvalue weighted by Crippen LogP contribution is 2.42. The van der Waals surface area contributed by atoms with Gasteiger partial charge in [-0.05, 0) is 66.0 Å². The molecule has 1 aromatic carbocycles. The van der Waals surface area contributed by atoms with Crippen molar-refractivity contribution in [3.63, 3.8) is 0 Å². The predicted molar refractivity (Wildman–Crippen MR) is 86.7 cm³/mol. The van der Waals surface area contributed by atoms with E-state index in [1.807, 2.05) is 0 Å². The summed E-state index contributed by atoms with van der Waals surface area (Å²) in [4.78, 5) is 12.2. The Morgan fingerprint density at radius 2 is 2.20 bits per heavy atom. The fraction of sp³-hybridized carbons (Fsp3) is 0.562. The van der Waals surface area contributed by atoms with E-state index >= 15 is 0 Å². The van der Waals surface area contributed by atoms with E-state index in [1.54, 1.807) is 0 Å². The van der Waals surface area contributed by atoms with E-state index in [4.69, 9.17) is 4.74 Å². The number of methoxy groups -OCH3 is 1. The summed E-state index contributed by atoms with van der Waals surface area (Å²) < 4.78 is 6.34. The van der Waals surface area contributed by atoms with E-state index in [-0.39, 0.29) is 23.8 Å². The van der Waals surface area contributed by atoms with Gasteiger partial charge in [0, 0.05) is 21.6 Å². The Morgan fingerprint density at radius 1 is 1.40 bits per heavy atom. The van der Waals surface area contributed by atoms with Gasteiger partial charge in [0.1, 0.15) is 0 Å². The molecule has 20 heavy (non-hydrogen) atoms. The van der Waals surface area contributed by atoms with Gasteiger partial charge in [0.15, 0.2) is 0 Å². The molecule has 2 saturated heterocycles. The van der Waals surface area contributed by atoms with Crippen molar-refractivity contribution in [1.82, 2.24) is 5.32 Å². The molecular formula is C16H20INO2. The van der Waals surface area contributed by atoms with Crippen molar-refractivity contribution in [2.45, 2.75) is 44.2 Å². The van der Waals surface area contributed by atoms with Gasteiger partial charge in [0.25, 0.3) is 0 Å². The van der Waals surface area contributed by atoms with Crippen LogP contribution in [0.25, 0.3) is 0 Å². The second kappa shape index (κ2) is 5.64. The SMILES string of the molecule is Cc1ccc(C2CC3CCC(N3)C2C(=O)O[11CH3])cc1I. The molecular weight excluding hydrogens is 364 g/mol. The Hall–Kier alpha value is -0.620. The zero-order chi connectivity index (χ0) is 14.3. The van der Waals surface area contributed by atoms with Crippen molar-refractivity contribution in [3.8, 4) is 0 Å². The van der Waals surface area contributed by atoms with Crippen LogP contribution in [0.2, 0.25) is 0 Å². The minimum atomic E-state index is -0.0663. The second-order valence-electron chi connectivity index (χ2n) is 5.95. The molecule has 4 heteroatoms. The summed E-state index contributed by atoms with van der Waals surface area (Å²) >= 11 is 2.37. The van der Waals surface area contributed by atoms with Crippen LogP contribution in [0, 0.1) is 16.4 Å². The summed E-state index contributed by atoms with van der Waals surface area (Å²) in [5, 5.41) is 3.58. The molecule has 2 heterocycles. The molecule has 1 aromatic rings. The molecule has 0 saturated carbocycles. The summed E-state index contributed by atoms with van der Waals surface area (Å²) in [6, 6.07) is 7.43. The number of benzene rings is 1. The van der Waals surface area contributed by atoms with Crippen molar-refractivity contribution in [3.05, 3.63) is 32.9 Å². The average molecular weight is 384 g/mol. The molecule has 2 fully saturated rings. The zero-order valence-corrected chi connectivity index (χ0v) is 14.0. The molecule has 2 aliphatic rings. The lowest BCUT2D eigenvalue weighted by Gasteiger charge is -2.36. The maximum atomic E-state index is 12.2. The number of ether oxygens (including phenoxy) is 1. The molecule has 0 spiro atoms. The van der Waals surface area contributed by atoms with Crippen LogP contribution < -0.4 is 5.32 Å². The maximum Gasteiger partial charge on any atom is 0.310 e. The van der Waals surface area contributed by atoms with Gasteiger partial charge in [0.05, 0.1) is 13.0 Å². The Labute approximate surface area is 133 Å². The van der Waals surface area contributed by atoms with Crippen molar-refractivity contribution >= 4 is 28.6 Å². The van der Waals surface area contributed by atoms with Crippen molar-refractivity contribution < 1.29 is 9.53 Å². The Balaban J connectivity index is 1.96. The molecule has 0 radical (unpaired) electrons. The van der Waals surface area contributed by atoms with Crippen LogP contribution in [0.4, 0.5) is 0 Å². The summed E-state index contributed by atoms with van der Waals surface area (Å²) in [6.45, 7) is 2.12. The number of esters is 1. The van der Waals surface area contributed by atoms with Gasteiger partial charge in [0.2, 0.25) is 0 Å². The standard InChI is InChI=1S/C16H20INO2/c1-9-3-4-10(7-13(9)17)12-8-11-5-6-14(18-11)15(12)16(19)20-2/h3-4,7,11-12,14-15,18H,5-6,8H2,1-2H3/i2-1. The number of fused-ring (bicyclic) bond motifs is 2. The lowest BCUT2D eigenvalue weighted by Crippen LogP contribution is -2.48. The molecule has 1 N–H and O–H groups in total. The lowest BCUT2D eigenvalue weighted by molar-refractivity contribution is -0.148. The normalized spacial score (nSPS) is 32.1. The van der Waals surface area contributed by atoms with Gasteiger partial charge in [-0.3, -0.25) is 4.79 Å². The number of carbonyl (C=O) groups is 1. The number of nitrogens with one attached hydrogen (secondary N) is 1. The Kier molecular flexibility index (Phi) is 4.04. The number of halogens is 1. The molecule has 4 atom stereocenters. The summed E-state index contributed by atoms with van der Waals surface area (Å²) in [7, 11) is 1.50. The molecule has 0 aromatic heterocycles. The van der Waals surface area contributed by atoms with Crippen LogP contribution in [0.1, 0.15) is 36.3 Å². The molecule has 3 rings (SSSR count). The first-order chi connectivity index (χ1) is 9.60. The van der Waals surface area contributed by atoms with Crippen LogP contribution in [-0.4, -0.2) is 25.2 Å². The third-order valence-corrected chi connectivity index (χ3v) is 5.94. The lowest BCUT2D eigenvalue weighted by atomic mass is 9.77. The van der Waals surface area contributed by atoms with Gasteiger partial charge >= 0.3 is 5.97 Å². The van der Waals surface area contributed by atoms with Gasteiger partial charge in [-0.2, -0.15) is 0 Å². The molecule has 0 amide bonds. The Bertz CT molecular complexity index is 531. The van der Waals surface area contributed by atoms with E-state index in [0.717, 1.165) is 12.8 Å². The number of hydrogen-bond donors (Lipinski definition) is 1. The second-order valence-corrected chi connectivity index (χ2v) is 7.11. The first-order valence-corrected chi connectivity index (χ1v) is 8.28. The average Bonchev–Trinajstić information content (AvgIpc) is 2.82. The molecule has 0 aliphatic carbocycles. The first-order valence-electron chi connectivity index (χ1n) is 7.20. The summed E-state index contributed by atoms with van der Waals surface area (Å²) in [6.07, 6.45) is 3.30. The third-order valence-electron chi connectivity index (χ3n) is 4.78. The third kappa shape index (κ3) is 2.48. The minimum Gasteiger partial charge on any atom is -0.469 e. The van der Waals surface area contributed by atoms with Crippen LogP contribution in [-0.2, 0) is 9.53 Å². The van der Waals surface area contributed by atoms with Crippen LogP contribution in [0.5, 0.6) is 0 Å². The smallest absolute Gasteiger partial charge is 0.310 e. The van der Waals surface area contributed by atoms with Gasteiger partial charge < -0.3 is 10.1 Å². The van der Waals surface area contributed by atoms with E-state index in [0.29, 0.717) is 6.04 Å². The summed E-state index contributed by atoms with van der Waals surface area (Å²) in [5.74, 6) is 0.177. The minimum absolute atomic E-state index is 0.0442. The molecule has 3 nitrogen and oxygen atoms in total. The van der Waals surface area contributed by atoms with Crippen molar-refractivity contribution in [1.29, 1.82) is 0 Å². The molecule has 2 bridgehead atoms. The molecule has 4 unspecified atom stereocenters. The molecule has 2 aliphatic heterocycles. The van der Waals surface area contributed by atoms with Crippen molar-refractivity contribution in [2.75, 3.05) is 7.11 Å². The van der Waals surface area contributed by atoms with Gasteiger partial charge in [-0.25, -0.2) is 0 Å². The fourth-order valence-corrected chi connectivity index (χ4v) is 4.24. The zero-order valence-electron chi connectivity index (χ0n) is 11.9. The van der Waals surface area contributed by atoms with Crippen LogP contribution in [0.3, 0.4) is 0 Å². The maximum absolute atomic E-state index is 12.2. The highest BCUT2D eigenvalue weighted by atomic mass is 127. The monoisotopic (exact) mass is 384 g/mol. The van der Waals surface area contributed by atoms with E-state index in [9.17, 15) is 4.79 Å². The first kappa shape index (κ1) is 14.3. The van der Waals surface area contributed by atoms with E-state index in [1.165, 1.54) is 28.2 Å². The quantitative estimate of drug-likeness (QED) is 0.630. The number of hydrogen-bond acceptors (Lipinski definition) is 3. The highest BCUT2D eigenvalue weighted by molar-refractivity contribution is 14.1. The number of carbonyl (C=O) groups excluding carboxylic acids is 1. The van der Waals surface area contributed by atoms with Gasteiger partial charge in [-0.15, -0.1) is 0 Å². The van der Waals surface area contributed by atoms with Gasteiger partial charge in [-0.1, -0.05) is 12.1 Å². The molecule has 108 valence electrons. The van der Waals surface area contributed by atoms with E-state index < -0.39 is 0 Å². The van der Waals surface area contributed by atoms with Crippen LogP contribution >= 0.6 is 22.6 Å². The number of piperidine rings is 1. The highest BCUT2D eigenvalue weighted by Gasteiger charge is 2.46. The van der Waals surface area contributed by atoms with Crippen molar-refractivity contribution in [2.24, 2.45) is 5.92 Å². The largest absolute Gasteiger partial charge is 0.469 e. The number of rotatable bonds is 2. The number of aryl methyl sites for hydroxylation is 1.